The molecular formula is C16H14N5O3S. The summed E-state index contributed by atoms with van der Waals surface area (Å²) in [5.74, 6) is -1.19. The summed E-state index contributed by atoms with van der Waals surface area (Å²) < 4.78 is 0. The molecule has 1 heterocycles. The van der Waals surface area contributed by atoms with E-state index < -0.39 is 16.9 Å². The van der Waals surface area contributed by atoms with Gasteiger partial charge in [-0.15, -0.1) is 10.2 Å². The fraction of sp³-hybridized carbons (Fsp3) is 0.0625. The predicted octanol–water partition coefficient (Wildman–Crippen LogP) is 2.22. The third-order valence-corrected chi connectivity index (χ3v) is 5.25. The molecule has 0 aliphatic heterocycles. The molecule has 1 aromatic heterocycles. The number of nitrogens with zero attached hydrogens (tertiary/aromatic N) is 3. The number of nitrogens with one attached hydrogen (secondary N) is 2. The highest BCUT2D eigenvalue weighted by molar-refractivity contribution is 8.17. The quantitative estimate of drug-likeness (QED) is 0.623. The van der Waals surface area contributed by atoms with Crippen LogP contribution in [-0.4, -0.2) is 43.4 Å². The molecule has 0 bridgehead atoms. The van der Waals surface area contributed by atoms with Crippen LogP contribution in [0.1, 0.15) is 10.4 Å². The molecule has 3 rings (SSSR count). The number of hydrogen-bond donors (Lipinski definition) is 3. The normalized spacial score (nSPS) is 10.6. The van der Waals surface area contributed by atoms with Crippen molar-refractivity contribution in [3.05, 3.63) is 60.2 Å². The number of carboxylic acid groups (broad SMARTS) is 1. The molecule has 3 aromatic rings. The number of tetrazole rings is 1. The van der Waals surface area contributed by atoms with Gasteiger partial charge in [0.1, 0.15) is 0 Å². The Bertz CT molecular complexity index is 870. The zero-order chi connectivity index (χ0) is 17.6. The van der Waals surface area contributed by atoms with Crippen LogP contribution >= 0.6 is 10.9 Å². The predicted molar refractivity (Wildman–Crippen MR) is 91.6 cm³/mol. The molecule has 25 heavy (non-hydrogen) atoms. The molecule has 8 nitrogen and oxygen atoms in total. The molecule has 0 unspecified atom stereocenters. The van der Waals surface area contributed by atoms with Gasteiger partial charge in [0.05, 0.1) is 11.3 Å². The number of aromatic nitrogens is 4. The first-order valence-corrected chi connectivity index (χ1v) is 8.65. The summed E-state index contributed by atoms with van der Waals surface area (Å²) in [5, 5.41) is 26.1. The fourth-order valence-corrected chi connectivity index (χ4v) is 3.77. The number of anilines is 1. The van der Waals surface area contributed by atoms with Crippen LogP contribution in [0.2, 0.25) is 0 Å². The van der Waals surface area contributed by atoms with Gasteiger partial charge in [-0.2, -0.15) is 5.21 Å². The molecular weight excluding hydrogens is 342 g/mol. The zero-order valence-corrected chi connectivity index (χ0v) is 13.7. The summed E-state index contributed by atoms with van der Waals surface area (Å²) in [4.78, 5) is 24.4. The van der Waals surface area contributed by atoms with Crippen molar-refractivity contribution < 1.29 is 14.7 Å². The van der Waals surface area contributed by atoms with Crippen molar-refractivity contribution in [2.45, 2.75) is 10.1 Å². The van der Waals surface area contributed by atoms with Gasteiger partial charge in [0.2, 0.25) is 11.1 Å². The monoisotopic (exact) mass is 356 g/mol. The first kappa shape index (κ1) is 16.7. The maximum absolute atomic E-state index is 12.4. The third-order valence-electron chi connectivity index (χ3n) is 3.24. The lowest BCUT2D eigenvalue weighted by Gasteiger charge is -2.16. The number of hydrogen-bond acceptors (Lipinski definition) is 5. The Morgan fingerprint density at radius 3 is 2.60 bits per heavy atom. The average Bonchev–Trinajstić information content (AvgIpc) is 3.15. The number of carboxylic acids is 1. The van der Waals surface area contributed by atoms with Gasteiger partial charge in [-0.3, -0.25) is 4.79 Å². The lowest BCUT2D eigenvalue weighted by atomic mass is 10.2. The Labute approximate surface area is 145 Å². The molecule has 0 aliphatic carbocycles. The van der Waals surface area contributed by atoms with Gasteiger partial charge in [-0.05, 0) is 35.5 Å². The number of carbonyl (C=O) groups excluding carboxylic acids is 1. The molecule has 0 saturated carbocycles. The van der Waals surface area contributed by atoms with E-state index in [2.05, 4.69) is 25.9 Å². The first-order valence-electron chi connectivity index (χ1n) is 7.26. The minimum absolute atomic E-state index is 0.109. The molecule has 3 N–H and O–H groups in total. The van der Waals surface area contributed by atoms with Crippen molar-refractivity contribution in [1.82, 2.24) is 20.6 Å². The number of benzene rings is 2. The smallest absolute Gasteiger partial charge is 0.335 e. The second kappa shape index (κ2) is 7.58. The summed E-state index contributed by atoms with van der Waals surface area (Å²) in [7, 11) is -0.682. The van der Waals surface area contributed by atoms with E-state index >= 15 is 0 Å². The van der Waals surface area contributed by atoms with E-state index in [-0.39, 0.29) is 17.2 Å². The minimum Gasteiger partial charge on any atom is -0.478 e. The van der Waals surface area contributed by atoms with Gasteiger partial charge in [-0.1, -0.05) is 35.2 Å². The summed E-state index contributed by atoms with van der Waals surface area (Å²) in [6.45, 7) is 0. The van der Waals surface area contributed by atoms with E-state index in [1.54, 1.807) is 12.1 Å². The highest BCUT2D eigenvalue weighted by atomic mass is 32.2. The Hall–Kier alpha value is -3.20. The Morgan fingerprint density at radius 2 is 1.92 bits per heavy atom. The van der Waals surface area contributed by atoms with Crippen LogP contribution in [0.5, 0.6) is 0 Å². The number of amides is 1. The molecule has 0 aliphatic rings. The van der Waals surface area contributed by atoms with Crippen LogP contribution in [0, 0.1) is 0 Å². The average molecular weight is 356 g/mol. The van der Waals surface area contributed by atoms with E-state index in [0.29, 0.717) is 10.8 Å². The Balaban J connectivity index is 1.77. The number of aromatic amines is 1. The van der Waals surface area contributed by atoms with Crippen LogP contribution in [0.4, 0.5) is 5.69 Å². The SMILES string of the molecule is O=C(C[S](c1ccccc1)c1nn[nH]n1)Nc1cccc(C(=O)O)c1. The Morgan fingerprint density at radius 1 is 1.12 bits per heavy atom. The third kappa shape index (κ3) is 4.21. The second-order valence-electron chi connectivity index (χ2n) is 4.98. The molecule has 2 aromatic carbocycles. The van der Waals surface area contributed by atoms with E-state index in [9.17, 15) is 9.59 Å². The molecule has 0 atom stereocenters. The van der Waals surface area contributed by atoms with E-state index in [0.717, 1.165) is 4.90 Å². The minimum atomic E-state index is -1.05. The van der Waals surface area contributed by atoms with E-state index in [1.165, 1.54) is 12.1 Å². The molecule has 1 radical (unpaired) electrons. The van der Waals surface area contributed by atoms with Gasteiger partial charge in [0.15, 0.2) is 0 Å². The molecule has 9 heteroatoms. The second-order valence-corrected chi connectivity index (χ2v) is 6.88. The van der Waals surface area contributed by atoms with Crippen molar-refractivity contribution >= 4 is 28.5 Å². The van der Waals surface area contributed by atoms with Crippen molar-refractivity contribution in [2.75, 3.05) is 11.1 Å². The van der Waals surface area contributed by atoms with Crippen LogP contribution < -0.4 is 5.32 Å². The van der Waals surface area contributed by atoms with Crippen LogP contribution in [-0.2, 0) is 4.79 Å². The number of rotatable bonds is 6. The van der Waals surface area contributed by atoms with Crippen LogP contribution in [0.3, 0.4) is 0 Å². The molecule has 1 amide bonds. The summed E-state index contributed by atoms with van der Waals surface area (Å²) in [6, 6.07) is 15.5. The van der Waals surface area contributed by atoms with Gasteiger partial charge in [-0.25, -0.2) is 4.79 Å². The largest absolute Gasteiger partial charge is 0.478 e. The fourth-order valence-electron chi connectivity index (χ4n) is 2.15. The van der Waals surface area contributed by atoms with Crippen LogP contribution in [0.15, 0.2) is 64.6 Å². The van der Waals surface area contributed by atoms with Crippen molar-refractivity contribution in [3.63, 3.8) is 0 Å². The number of carbonyl (C=O) groups is 2. The highest BCUT2D eigenvalue weighted by Crippen LogP contribution is 2.41. The summed E-state index contributed by atoms with van der Waals surface area (Å²) >= 11 is 0. The van der Waals surface area contributed by atoms with Crippen LogP contribution in [0.25, 0.3) is 0 Å². The summed E-state index contributed by atoms with van der Waals surface area (Å²) in [5.41, 5.74) is 0.535. The summed E-state index contributed by atoms with van der Waals surface area (Å²) in [6.07, 6.45) is 0. The van der Waals surface area contributed by atoms with Gasteiger partial charge in [0, 0.05) is 10.6 Å². The maximum Gasteiger partial charge on any atom is 0.335 e. The molecule has 127 valence electrons. The highest BCUT2D eigenvalue weighted by Gasteiger charge is 2.20. The molecule has 0 saturated heterocycles. The topological polar surface area (TPSA) is 121 Å². The lowest BCUT2D eigenvalue weighted by molar-refractivity contribution is -0.113. The van der Waals surface area contributed by atoms with Crippen molar-refractivity contribution in [2.24, 2.45) is 0 Å². The van der Waals surface area contributed by atoms with E-state index in [4.69, 9.17) is 5.11 Å². The zero-order valence-electron chi connectivity index (χ0n) is 12.9. The first-order chi connectivity index (χ1) is 12.1. The number of aromatic carboxylic acids is 1. The van der Waals surface area contributed by atoms with E-state index in [1.807, 2.05) is 30.3 Å². The standard InChI is InChI=1S/C16H14N5O3S/c22-14(17-12-6-4-5-11(9-12)15(23)24)10-25(16-18-20-21-19-16)13-7-2-1-3-8-13/h1-9H,10H2,(H,17,22)(H,23,24)(H,18,19,20,21). The van der Waals surface area contributed by atoms with Gasteiger partial charge < -0.3 is 10.4 Å². The van der Waals surface area contributed by atoms with Crippen molar-refractivity contribution in [3.8, 4) is 0 Å². The van der Waals surface area contributed by atoms with Gasteiger partial charge in [0.25, 0.3) is 0 Å². The number of H-pyrrole nitrogens is 1. The van der Waals surface area contributed by atoms with Gasteiger partial charge >= 0.3 is 5.97 Å². The molecule has 0 spiro atoms. The van der Waals surface area contributed by atoms with Crippen molar-refractivity contribution in [1.29, 1.82) is 0 Å². The lowest BCUT2D eigenvalue weighted by Crippen LogP contribution is -2.17. The molecule has 0 fully saturated rings. The Kier molecular flexibility index (Phi) is 5.05. The maximum atomic E-state index is 12.4.